The van der Waals surface area contributed by atoms with Crippen LogP contribution in [0.1, 0.15) is 5.56 Å². The first-order valence-corrected chi connectivity index (χ1v) is 8.93. The van der Waals surface area contributed by atoms with Gasteiger partial charge in [-0.15, -0.1) is 13.2 Å². The number of hydrogen-bond acceptors (Lipinski definition) is 1. The molecule has 0 heterocycles. The number of halogens is 6. The first kappa shape index (κ1) is 17.6. The van der Waals surface area contributed by atoms with Crippen LogP contribution in [0, 0.1) is 17.6 Å². The van der Waals surface area contributed by atoms with Gasteiger partial charge in [-0.2, -0.15) is 0 Å². The molecule has 0 bridgehead atoms. The van der Waals surface area contributed by atoms with Crippen molar-refractivity contribution in [3.63, 3.8) is 0 Å². The van der Waals surface area contributed by atoms with E-state index in [1.54, 1.807) is 12.1 Å². The lowest BCUT2D eigenvalue weighted by Crippen LogP contribution is -2.17. The molecule has 0 N–H and O–H groups in total. The van der Waals surface area contributed by atoms with Crippen molar-refractivity contribution in [1.29, 1.82) is 0 Å². The molecule has 2 aromatic carbocycles. The van der Waals surface area contributed by atoms with E-state index in [2.05, 4.69) is 49.9 Å². The molecule has 0 fully saturated rings. The minimum atomic E-state index is -4.67. The normalized spacial score (nSPS) is 11.6. The molecule has 0 spiro atoms. The van der Waals surface area contributed by atoms with Crippen molar-refractivity contribution in [1.82, 2.24) is 0 Å². The summed E-state index contributed by atoms with van der Waals surface area (Å²) in [5.74, 6) is -0.177. The molecule has 0 saturated carbocycles. The Morgan fingerprint density at radius 3 is 2.19 bits per heavy atom. The van der Waals surface area contributed by atoms with Gasteiger partial charge in [0, 0.05) is 7.14 Å². The Kier molecular flexibility index (Phi) is 5.66. The van der Waals surface area contributed by atoms with Gasteiger partial charge in [0.05, 0.1) is 3.57 Å². The second kappa shape index (κ2) is 6.77. The summed E-state index contributed by atoms with van der Waals surface area (Å²) in [5, 5.41) is 0. The van der Waals surface area contributed by atoms with Gasteiger partial charge >= 0.3 is 6.36 Å². The third-order valence-electron chi connectivity index (χ3n) is 2.74. The third-order valence-corrected chi connectivity index (χ3v) is 7.13. The highest BCUT2D eigenvalue weighted by atomic mass is 127. The molecule has 0 aromatic heterocycles. The van der Waals surface area contributed by atoms with E-state index in [1.807, 2.05) is 41.6 Å². The van der Waals surface area contributed by atoms with Crippen LogP contribution in [0.3, 0.4) is 0 Å². The smallest absolute Gasteiger partial charge is 0.405 e. The summed E-state index contributed by atoms with van der Waals surface area (Å²) in [4.78, 5) is 0. The van der Waals surface area contributed by atoms with E-state index in [0.29, 0.717) is 3.57 Å². The third kappa shape index (κ3) is 4.36. The fourth-order valence-corrected chi connectivity index (χ4v) is 3.76. The first-order valence-electron chi connectivity index (χ1n) is 5.69. The molecule has 7 heteroatoms. The first-order chi connectivity index (χ1) is 9.69. The van der Waals surface area contributed by atoms with Gasteiger partial charge in [-0.25, -0.2) is 0 Å². The molecule has 0 unspecified atom stereocenters. The molecule has 112 valence electrons. The standard InChI is InChI=1S/C14H8F3I3O/c1-7-2-4-9(13(20)12(7)19)8-3-5-11(10(18)6-8)21-14(15,16)17/h2-6H,1H3. The molecule has 0 amide bonds. The second-order valence-corrected chi connectivity index (χ2v) is 7.57. The summed E-state index contributed by atoms with van der Waals surface area (Å²) >= 11 is 6.38. The van der Waals surface area contributed by atoms with E-state index in [0.717, 1.165) is 18.3 Å². The van der Waals surface area contributed by atoms with Crippen molar-refractivity contribution in [2.45, 2.75) is 13.3 Å². The van der Waals surface area contributed by atoms with E-state index in [9.17, 15) is 13.2 Å². The fraction of sp³-hybridized carbons (Fsp3) is 0.143. The zero-order valence-electron chi connectivity index (χ0n) is 10.6. The maximum Gasteiger partial charge on any atom is 0.573 e. The lowest BCUT2D eigenvalue weighted by molar-refractivity contribution is -0.274. The Bertz CT molecular complexity index is 684. The molecule has 0 saturated heterocycles. The van der Waals surface area contributed by atoms with Crippen LogP contribution >= 0.6 is 67.8 Å². The van der Waals surface area contributed by atoms with Crippen molar-refractivity contribution in [2.75, 3.05) is 0 Å². The number of rotatable bonds is 2. The van der Waals surface area contributed by atoms with Gasteiger partial charge in [0.25, 0.3) is 0 Å². The van der Waals surface area contributed by atoms with Crippen LogP contribution in [-0.4, -0.2) is 6.36 Å². The zero-order valence-corrected chi connectivity index (χ0v) is 17.0. The fourth-order valence-electron chi connectivity index (χ4n) is 1.74. The van der Waals surface area contributed by atoms with Crippen molar-refractivity contribution in [2.24, 2.45) is 0 Å². The molecular weight excluding hydrogens is 622 g/mol. The maximum atomic E-state index is 12.3. The van der Waals surface area contributed by atoms with E-state index in [1.165, 1.54) is 11.6 Å². The summed E-state index contributed by atoms with van der Waals surface area (Å²) < 4.78 is 43.5. The number of hydrogen-bond donors (Lipinski definition) is 0. The number of aryl methyl sites for hydroxylation is 1. The van der Waals surface area contributed by atoms with Gasteiger partial charge in [-0.1, -0.05) is 18.2 Å². The Balaban J connectivity index is 2.44. The minimum absolute atomic E-state index is 0.177. The molecule has 0 aliphatic heterocycles. The van der Waals surface area contributed by atoms with Gasteiger partial charge < -0.3 is 4.74 Å². The van der Waals surface area contributed by atoms with Crippen LogP contribution in [0.25, 0.3) is 11.1 Å². The summed E-state index contributed by atoms with van der Waals surface area (Å²) in [5.41, 5.74) is 3.05. The molecule has 21 heavy (non-hydrogen) atoms. The van der Waals surface area contributed by atoms with Crippen LogP contribution in [0.5, 0.6) is 5.75 Å². The molecule has 0 aliphatic rings. The van der Waals surface area contributed by atoms with Crippen LogP contribution in [0.4, 0.5) is 13.2 Å². The van der Waals surface area contributed by atoms with Gasteiger partial charge in [0.2, 0.25) is 0 Å². The summed E-state index contributed by atoms with van der Waals surface area (Å²) in [7, 11) is 0. The maximum absolute atomic E-state index is 12.3. The van der Waals surface area contributed by atoms with Gasteiger partial charge in [-0.05, 0) is 104 Å². The highest BCUT2D eigenvalue weighted by Crippen LogP contribution is 2.35. The average molecular weight is 630 g/mol. The van der Waals surface area contributed by atoms with Crippen molar-refractivity contribution >= 4 is 67.8 Å². The van der Waals surface area contributed by atoms with Crippen molar-refractivity contribution < 1.29 is 17.9 Å². The van der Waals surface area contributed by atoms with Gasteiger partial charge in [-0.3, -0.25) is 0 Å². The number of alkyl halides is 3. The minimum Gasteiger partial charge on any atom is -0.405 e. The van der Waals surface area contributed by atoms with Crippen LogP contribution in [-0.2, 0) is 0 Å². The summed E-state index contributed by atoms with van der Waals surface area (Å²) in [6.45, 7) is 2.03. The average Bonchev–Trinajstić information content (AvgIpc) is 2.37. The Labute approximate surface area is 161 Å². The topological polar surface area (TPSA) is 9.23 Å². The van der Waals surface area contributed by atoms with Crippen molar-refractivity contribution in [3.05, 3.63) is 46.6 Å². The molecular formula is C14H8F3I3O. The lowest BCUT2D eigenvalue weighted by Gasteiger charge is -2.13. The van der Waals surface area contributed by atoms with E-state index in [4.69, 9.17) is 0 Å². The molecule has 0 radical (unpaired) electrons. The highest BCUT2D eigenvalue weighted by Gasteiger charge is 2.32. The van der Waals surface area contributed by atoms with E-state index in [-0.39, 0.29) is 5.75 Å². The largest absolute Gasteiger partial charge is 0.573 e. The van der Waals surface area contributed by atoms with E-state index >= 15 is 0 Å². The molecule has 2 rings (SSSR count). The lowest BCUT2D eigenvalue weighted by atomic mass is 10.0. The SMILES string of the molecule is Cc1ccc(-c2ccc(OC(F)(F)F)c(I)c2)c(I)c1I. The van der Waals surface area contributed by atoms with Crippen LogP contribution < -0.4 is 4.74 Å². The van der Waals surface area contributed by atoms with Crippen molar-refractivity contribution in [3.8, 4) is 16.9 Å². The molecule has 1 nitrogen and oxygen atoms in total. The predicted octanol–water partition coefficient (Wildman–Crippen LogP) is 6.37. The summed E-state index contributed by atoms with van der Waals surface area (Å²) in [6.07, 6.45) is -4.67. The van der Waals surface area contributed by atoms with E-state index < -0.39 is 6.36 Å². The van der Waals surface area contributed by atoms with Gasteiger partial charge in [0.1, 0.15) is 5.75 Å². The Hall–Kier alpha value is 0.220. The quantitative estimate of drug-likeness (QED) is 0.351. The monoisotopic (exact) mass is 630 g/mol. The molecule has 0 aliphatic carbocycles. The number of ether oxygens (including phenoxy) is 1. The molecule has 0 atom stereocenters. The van der Waals surface area contributed by atoms with Gasteiger partial charge in [0.15, 0.2) is 0 Å². The molecule has 2 aromatic rings. The Morgan fingerprint density at radius 1 is 0.952 bits per heavy atom. The summed E-state index contributed by atoms with van der Waals surface area (Å²) in [6, 6.07) is 8.69. The highest BCUT2D eigenvalue weighted by molar-refractivity contribution is 14.1. The zero-order chi connectivity index (χ0) is 15.8. The predicted molar refractivity (Wildman–Crippen MR) is 101 cm³/mol. The Morgan fingerprint density at radius 2 is 1.62 bits per heavy atom. The second-order valence-electron chi connectivity index (χ2n) is 4.25. The van der Waals surface area contributed by atoms with Crippen LogP contribution in [0.15, 0.2) is 30.3 Å². The number of benzene rings is 2. The van der Waals surface area contributed by atoms with Crippen LogP contribution in [0.2, 0.25) is 0 Å².